The summed E-state index contributed by atoms with van der Waals surface area (Å²) in [5.74, 6) is 0.828. The summed E-state index contributed by atoms with van der Waals surface area (Å²) < 4.78 is 5.41. The highest BCUT2D eigenvalue weighted by atomic mass is 35.5. The summed E-state index contributed by atoms with van der Waals surface area (Å²) in [7, 11) is 2.28. The van der Waals surface area contributed by atoms with Gasteiger partial charge < -0.3 is 15.0 Å². The fourth-order valence-corrected chi connectivity index (χ4v) is 2.63. The third-order valence-electron chi connectivity index (χ3n) is 3.85. The van der Waals surface area contributed by atoms with Crippen molar-refractivity contribution in [3.8, 4) is 0 Å². The van der Waals surface area contributed by atoms with E-state index in [1.165, 1.54) is 45.3 Å². The van der Waals surface area contributed by atoms with Crippen molar-refractivity contribution in [2.24, 2.45) is 5.92 Å². The van der Waals surface area contributed by atoms with Crippen molar-refractivity contribution in [1.82, 2.24) is 10.2 Å². The molecule has 0 bridgehead atoms. The summed E-state index contributed by atoms with van der Waals surface area (Å²) in [5, 5.41) is 3.42. The molecule has 0 aromatic carbocycles. The smallest absolute Gasteiger partial charge is 0.0495 e. The number of halogens is 1. The van der Waals surface area contributed by atoms with Gasteiger partial charge in [-0.25, -0.2) is 0 Å². The summed E-state index contributed by atoms with van der Waals surface area (Å²) in [6.07, 6.45) is 5.23. The lowest BCUT2D eigenvalue weighted by Gasteiger charge is -2.32. The Labute approximate surface area is 105 Å². The maximum atomic E-state index is 5.41. The van der Waals surface area contributed by atoms with Crippen molar-refractivity contribution in [3.05, 3.63) is 0 Å². The lowest BCUT2D eigenvalue weighted by atomic mass is 10.0. The number of piperidine rings is 1. The van der Waals surface area contributed by atoms with Crippen molar-refractivity contribution in [1.29, 1.82) is 0 Å². The van der Waals surface area contributed by atoms with Crippen LogP contribution in [-0.2, 0) is 4.74 Å². The molecule has 0 radical (unpaired) electrons. The van der Waals surface area contributed by atoms with Crippen LogP contribution in [0.25, 0.3) is 0 Å². The van der Waals surface area contributed by atoms with E-state index in [0.717, 1.165) is 25.2 Å². The second-order valence-corrected chi connectivity index (χ2v) is 4.98. The Kier molecular flexibility index (Phi) is 6.66. The molecule has 1 atom stereocenters. The van der Waals surface area contributed by atoms with Gasteiger partial charge in [0.25, 0.3) is 0 Å². The summed E-state index contributed by atoms with van der Waals surface area (Å²) >= 11 is 0. The molecule has 1 N–H and O–H groups in total. The number of rotatable bonds is 4. The molecule has 0 aromatic heterocycles. The summed E-state index contributed by atoms with van der Waals surface area (Å²) in [5.41, 5.74) is 0. The zero-order valence-corrected chi connectivity index (χ0v) is 11.1. The number of hydrogen-bond acceptors (Lipinski definition) is 3. The van der Waals surface area contributed by atoms with Gasteiger partial charge in [-0.2, -0.15) is 0 Å². The monoisotopic (exact) mass is 248 g/mol. The second-order valence-electron chi connectivity index (χ2n) is 4.98. The largest absolute Gasteiger partial charge is 0.381 e. The molecule has 0 saturated carbocycles. The first-order chi connectivity index (χ1) is 7.36. The minimum absolute atomic E-state index is 0. The van der Waals surface area contributed by atoms with Crippen molar-refractivity contribution >= 4 is 12.4 Å². The van der Waals surface area contributed by atoms with Crippen LogP contribution in [0.5, 0.6) is 0 Å². The zero-order valence-electron chi connectivity index (χ0n) is 10.3. The van der Waals surface area contributed by atoms with E-state index < -0.39 is 0 Å². The number of nitrogens with zero attached hydrogens (tertiary/aromatic N) is 1. The first kappa shape index (κ1) is 14.2. The van der Waals surface area contributed by atoms with E-state index in [9.17, 15) is 0 Å². The molecule has 2 rings (SSSR count). The molecule has 2 heterocycles. The Morgan fingerprint density at radius 2 is 2.00 bits per heavy atom. The fourth-order valence-electron chi connectivity index (χ4n) is 2.63. The van der Waals surface area contributed by atoms with E-state index in [1.807, 2.05) is 0 Å². The number of nitrogens with one attached hydrogen (secondary N) is 1. The van der Waals surface area contributed by atoms with Gasteiger partial charge in [0.05, 0.1) is 0 Å². The van der Waals surface area contributed by atoms with Crippen LogP contribution >= 0.6 is 12.4 Å². The van der Waals surface area contributed by atoms with Gasteiger partial charge in [-0.3, -0.25) is 0 Å². The third-order valence-corrected chi connectivity index (χ3v) is 3.85. The molecule has 96 valence electrons. The molecule has 0 aliphatic carbocycles. The Morgan fingerprint density at radius 3 is 2.62 bits per heavy atom. The van der Waals surface area contributed by atoms with Crippen molar-refractivity contribution in [3.63, 3.8) is 0 Å². The molecule has 2 aliphatic heterocycles. The average Bonchev–Trinajstić information content (AvgIpc) is 2.80. The highest BCUT2D eigenvalue weighted by molar-refractivity contribution is 5.85. The maximum Gasteiger partial charge on any atom is 0.0495 e. The molecule has 4 heteroatoms. The molecule has 0 aromatic rings. The molecule has 2 saturated heterocycles. The maximum absolute atomic E-state index is 5.41. The van der Waals surface area contributed by atoms with Gasteiger partial charge in [0, 0.05) is 19.3 Å². The van der Waals surface area contributed by atoms with Crippen LogP contribution in [0.3, 0.4) is 0 Å². The highest BCUT2D eigenvalue weighted by Gasteiger charge is 2.20. The minimum Gasteiger partial charge on any atom is -0.381 e. The molecular formula is C12H25ClN2O. The standard InChI is InChI=1S/C12H24N2O.ClH/c1-14(12-2-6-13-7-3-12)8-4-11-5-9-15-10-11;/h11-13H,2-10H2,1H3;1H. The van der Waals surface area contributed by atoms with Crippen LogP contribution in [0, 0.1) is 5.92 Å². The van der Waals surface area contributed by atoms with Gasteiger partial charge in [0.15, 0.2) is 0 Å². The van der Waals surface area contributed by atoms with Crippen LogP contribution in [0.4, 0.5) is 0 Å². The van der Waals surface area contributed by atoms with Crippen LogP contribution in [-0.4, -0.2) is 50.8 Å². The van der Waals surface area contributed by atoms with Gasteiger partial charge in [-0.15, -0.1) is 12.4 Å². The topological polar surface area (TPSA) is 24.5 Å². The molecular weight excluding hydrogens is 224 g/mol. The molecule has 2 aliphatic rings. The zero-order chi connectivity index (χ0) is 10.5. The van der Waals surface area contributed by atoms with Crippen LogP contribution in [0.2, 0.25) is 0 Å². The van der Waals surface area contributed by atoms with Crippen molar-refractivity contribution < 1.29 is 4.74 Å². The van der Waals surface area contributed by atoms with Crippen molar-refractivity contribution in [2.75, 3.05) is 39.9 Å². The van der Waals surface area contributed by atoms with Gasteiger partial charge in [0.2, 0.25) is 0 Å². The van der Waals surface area contributed by atoms with E-state index in [-0.39, 0.29) is 12.4 Å². The Bertz CT molecular complexity index is 180. The molecule has 3 nitrogen and oxygen atoms in total. The SMILES string of the molecule is CN(CCC1CCOC1)C1CCNCC1.Cl. The van der Waals surface area contributed by atoms with Gasteiger partial charge >= 0.3 is 0 Å². The number of hydrogen-bond donors (Lipinski definition) is 1. The molecule has 0 spiro atoms. The third kappa shape index (κ3) is 4.21. The van der Waals surface area contributed by atoms with Gasteiger partial charge in [-0.05, 0) is 58.3 Å². The van der Waals surface area contributed by atoms with E-state index >= 15 is 0 Å². The summed E-state index contributed by atoms with van der Waals surface area (Å²) in [6.45, 7) is 5.63. The average molecular weight is 249 g/mol. The van der Waals surface area contributed by atoms with E-state index in [4.69, 9.17) is 4.74 Å². The Hall–Kier alpha value is 0.170. The van der Waals surface area contributed by atoms with Crippen molar-refractivity contribution in [2.45, 2.75) is 31.7 Å². The van der Waals surface area contributed by atoms with Gasteiger partial charge in [-0.1, -0.05) is 0 Å². The lowest BCUT2D eigenvalue weighted by molar-refractivity contribution is 0.166. The molecule has 1 unspecified atom stereocenters. The van der Waals surface area contributed by atoms with Crippen LogP contribution < -0.4 is 5.32 Å². The molecule has 2 fully saturated rings. The molecule has 0 amide bonds. The van der Waals surface area contributed by atoms with E-state index in [0.29, 0.717) is 0 Å². The fraction of sp³-hybridized carbons (Fsp3) is 1.00. The Balaban J connectivity index is 0.00000128. The summed E-state index contributed by atoms with van der Waals surface area (Å²) in [4.78, 5) is 2.55. The van der Waals surface area contributed by atoms with Crippen LogP contribution in [0.1, 0.15) is 25.7 Å². The number of ether oxygens (including phenoxy) is 1. The second kappa shape index (κ2) is 7.49. The van der Waals surface area contributed by atoms with Crippen LogP contribution in [0.15, 0.2) is 0 Å². The first-order valence-electron chi connectivity index (χ1n) is 6.35. The molecule has 16 heavy (non-hydrogen) atoms. The van der Waals surface area contributed by atoms with E-state index in [1.54, 1.807) is 0 Å². The first-order valence-corrected chi connectivity index (χ1v) is 6.35. The lowest BCUT2D eigenvalue weighted by Crippen LogP contribution is -2.41. The highest BCUT2D eigenvalue weighted by Crippen LogP contribution is 2.18. The van der Waals surface area contributed by atoms with Gasteiger partial charge in [0.1, 0.15) is 0 Å². The predicted molar refractivity (Wildman–Crippen MR) is 69.3 cm³/mol. The predicted octanol–water partition coefficient (Wildman–Crippen LogP) is 1.52. The quantitative estimate of drug-likeness (QED) is 0.817. The van der Waals surface area contributed by atoms with E-state index in [2.05, 4.69) is 17.3 Å². The normalized spacial score (nSPS) is 27.0. The Morgan fingerprint density at radius 1 is 1.25 bits per heavy atom. The summed E-state index contributed by atoms with van der Waals surface area (Å²) in [6, 6.07) is 0.813. The minimum atomic E-state index is 0.